The topological polar surface area (TPSA) is 72.2 Å². The highest BCUT2D eigenvalue weighted by molar-refractivity contribution is 6.34. The van der Waals surface area contributed by atoms with Crippen LogP contribution in [-0.4, -0.2) is 20.9 Å². The lowest BCUT2D eigenvalue weighted by Gasteiger charge is -2.08. The largest absolute Gasteiger partial charge is 0.477 e. The monoisotopic (exact) mass is 298 g/mol. The molecule has 98 valence electrons. The van der Waals surface area contributed by atoms with Crippen LogP contribution in [0.5, 0.6) is 0 Å². The summed E-state index contributed by atoms with van der Waals surface area (Å²) in [4.78, 5) is 23.0. The molecule has 5 nitrogen and oxygen atoms in total. The van der Waals surface area contributed by atoms with Crippen molar-refractivity contribution in [1.29, 1.82) is 0 Å². The summed E-state index contributed by atoms with van der Waals surface area (Å²) in [6, 6.07) is 5.68. The predicted octanol–water partition coefficient (Wildman–Crippen LogP) is 2.55. The summed E-state index contributed by atoms with van der Waals surface area (Å²) in [5.41, 5.74) is -0.387. The van der Waals surface area contributed by atoms with Crippen LogP contribution in [0.25, 0.3) is 5.69 Å². The molecule has 0 fully saturated rings. The van der Waals surface area contributed by atoms with E-state index in [9.17, 15) is 9.59 Å². The minimum absolute atomic E-state index is 0.314. The second-order valence-electron chi connectivity index (χ2n) is 3.85. The van der Waals surface area contributed by atoms with Gasteiger partial charge in [-0.2, -0.15) is 9.78 Å². The highest BCUT2D eigenvalue weighted by atomic mass is 35.5. The molecule has 0 radical (unpaired) electrons. The predicted molar refractivity (Wildman–Crippen MR) is 71.6 cm³/mol. The van der Waals surface area contributed by atoms with E-state index in [1.165, 1.54) is 24.3 Å². The molecule has 0 amide bonds. The fraction of sp³-hybridized carbons (Fsp3) is 0.0833. The number of carboxylic acid groups (broad SMARTS) is 1. The van der Waals surface area contributed by atoms with Gasteiger partial charge in [-0.15, -0.1) is 0 Å². The Labute approximate surface area is 118 Å². The first-order chi connectivity index (χ1) is 8.88. The quantitative estimate of drug-likeness (QED) is 0.925. The average molecular weight is 299 g/mol. The van der Waals surface area contributed by atoms with Crippen LogP contribution in [0.1, 0.15) is 16.1 Å². The van der Waals surface area contributed by atoms with Crippen molar-refractivity contribution in [2.45, 2.75) is 6.92 Å². The third kappa shape index (κ3) is 2.77. The van der Waals surface area contributed by atoms with Crippen molar-refractivity contribution in [3.05, 3.63) is 55.9 Å². The van der Waals surface area contributed by atoms with Gasteiger partial charge in [0.25, 0.3) is 5.56 Å². The van der Waals surface area contributed by atoms with Crippen molar-refractivity contribution in [1.82, 2.24) is 9.78 Å². The maximum absolute atomic E-state index is 12.0. The smallest absolute Gasteiger partial charge is 0.341 e. The van der Waals surface area contributed by atoms with Gasteiger partial charge in [-0.1, -0.05) is 23.2 Å². The first-order valence-electron chi connectivity index (χ1n) is 5.19. The molecular weight excluding hydrogens is 291 g/mol. The molecule has 0 aliphatic heterocycles. The van der Waals surface area contributed by atoms with E-state index in [1.54, 1.807) is 6.92 Å². The number of benzene rings is 1. The Kier molecular flexibility index (Phi) is 3.59. The molecule has 0 aliphatic carbocycles. The van der Waals surface area contributed by atoms with E-state index < -0.39 is 11.5 Å². The van der Waals surface area contributed by atoms with Crippen molar-refractivity contribution < 1.29 is 9.90 Å². The molecule has 0 spiro atoms. The number of hydrogen-bond donors (Lipinski definition) is 1. The number of aromatic carboxylic acids is 1. The molecule has 1 aromatic carbocycles. The van der Waals surface area contributed by atoms with Gasteiger partial charge >= 0.3 is 5.97 Å². The number of carbonyl (C=O) groups is 1. The molecule has 0 bridgehead atoms. The van der Waals surface area contributed by atoms with Crippen LogP contribution >= 0.6 is 23.2 Å². The third-order valence-electron chi connectivity index (χ3n) is 2.36. The van der Waals surface area contributed by atoms with Gasteiger partial charge in [-0.05, 0) is 31.2 Å². The van der Waals surface area contributed by atoms with Crippen LogP contribution in [0.4, 0.5) is 0 Å². The SMILES string of the molecule is Cc1cc(C(=O)O)c(=O)n(-c2cc(Cl)cc(Cl)c2)n1. The van der Waals surface area contributed by atoms with Crippen molar-refractivity contribution in [3.8, 4) is 5.69 Å². The van der Waals surface area contributed by atoms with Crippen molar-refractivity contribution in [3.63, 3.8) is 0 Å². The minimum Gasteiger partial charge on any atom is -0.477 e. The van der Waals surface area contributed by atoms with E-state index in [-0.39, 0.29) is 5.56 Å². The molecule has 2 aromatic rings. The lowest BCUT2D eigenvalue weighted by molar-refractivity contribution is 0.0694. The molecule has 19 heavy (non-hydrogen) atoms. The van der Waals surface area contributed by atoms with Gasteiger partial charge in [0, 0.05) is 10.0 Å². The second-order valence-corrected chi connectivity index (χ2v) is 4.72. The van der Waals surface area contributed by atoms with Crippen molar-refractivity contribution in [2.75, 3.05) is 0 Å². The summed E-state index contributed by atoms with van der Waals surface area (Å²) < 4.78 is 0.969. The number of halogens is 2. The Morgan fingerprint density at radius 3 is 2.32 bits per heavy atom. The zero-order valence-corrected chi connectivity index (χ0v) is 11.2. The standard InChI is InChI=1S/C12H8Cl2N2O3/c1-6-2-10(12(18)19)11(17)16(15-6)9-4-7(13)3-8(14)5-9/h2-5H,1H3,(H,18,19). The number of aromatic nitrogens is 2. The summed E-state index contributed by atoms with van der Waals surface area (Å²) in [6.07, 6.45) is 0. The van der Waals surface area contributed by atoms with E-state index in [0.717, 1.165) is 4.68 Å². The molecule has 1 aromatic heterocycles. The molecular formula is C12H8Cl2N2O3. The normalized spacial score (nSPS) is 10.5. The lowest BCUT2D eigenvalue weighted by atomic mass is 10.2. The van der Waals surface area contributed by atoms with Gasteiger partial charge in [-0.25, -0.2) is 4.79 Å². The molecule has 2 rings (SSSR count). The van der Waals surface area contributed by atoms with Crippen LogP contribution in [0, 0.1) is 6.92 Å². The maximum Gasteiger partial charge on any atom is 0.341 e. The van der Waals surface area contributed by atoms with Gasteiger partial charge in [-0.3, -0.25) is 4.79 Å². The number of hydrogen-bond acceptors (Lipinski definition) is 3. The fourth-order valence-electron chi connectivity index (χ4n) is 1.61. The summed E-state index contributed by atoms with van der Waals surface area (Å²) >= 11 is 11.7. The molecule has 0 saturated carbocycles. The van der Waals surface area contributed by atoms with Crippen molar-refractivity contribution in [2.24, 2.45) is 0 Å². The number of nitrogens with zero attached hydrogens (tertiary/aromatic N) is 2. The van der Waals surface area contributed by atoms with Crippen LogP contribution in [0.3, 0.4) is 0 Å². The van der Waals surface area contributed by atoms with E-state index in [0.29, 0.717) is 21.4 Å². The number of aryl methyl sites for hydroxylation is 1. The Morgan fingerprint density at radius 2 is 1.79 bits per heavy atom. The molecule has 0 aliphatic rings. The molecule has 7 heteroatoms. The fourth-order valence-corrected chi connectivity index (χ4v) is 2.12. The van der Waals surface area contributed by atoms with Crippen LogP contribution < -0.4 is 5.56 Å². The van der Waals surface area contributed by atoms with E-state index in [1.807, 2.05) is 0 Å². The van der Waals surface area contributed by atoms with Crippen LogP contribution in [-0.2, 0) is 0 Å². The van der Waals surface area contributed by atoms with E-state index in [2.05, 4.69) is 5.10 Å². The molecule has 0 unspecified atom stereocenters. The van der Waals surface area contributed by atoms with Gasteiger partial charge < -0.3 is 5.11 Å². The second kappa shape index (κ2) is 5.03. The zero-order chi connectivity index (χ0) is 14.2. The highest BCUT2D eigenvalue weighted by Crippen LogP contribution is 2.20. The minimum atomic E-state index is -1.31. The molecule has 1 heterocycles. The van der Waals surface area contributed by atoms with Crippen LogP contribution in [0.2, 0.25) is 10.0 Å². The number of rotatable bonds is 2. The summed E-state index contributed by atoms with van der Waals surface area (Å²) in [7, 11) is 0. The number of carboxylic acids is 1. The summed E-state index contributed by atoms with van der Waals surface area (Å²) in [5.74, 6) is -1.31. The summed E-state index contributed by atoms with van der Waals surface area (Å²) in [5, 5.41) is 13.6. The average Bonchev–Trinajstić information content (AvgIpc) is 2.30. The third-order valence-corrected chi connectivity index (χ3v) is 2.79. The Hall–Kier alpha value is -1.85. The van der Waals surface area contributed by atoms with Gasteiger partial charge in [0.2, 0.25) is 0 Å². The first kappa shape index (κ1) is 13.6. The zero-order valence-electron chi connectivity index (χ0n) is 9.72. The van der Waals surface area contributed by atoms with Crippen molar-refractivity contribution >= 4 is 29.2 Å². The first-order valence-corrected chi connectivity index (χ1v) is 5.95. The van der Waals surface area contributed by atoms with Gasteiger partial charge in [0.1, 0.15) is 5.56 Å². The van der Waals surface area contributed by atoms with Crippen LogP contribution in [0.15, 0.2) is 29.1 Å². The molecule has 0 atom stereocenters. The van der Waals surface area contributed by atoms with Gasteiger partial charge in [0.05, 0.1) is 11.4 Å². The van der Waals surface area contributed by atoms with Gasteiger partial charge in [0.15, 0.2) is 0 Å². The Morgan fingerprint density at radius 1 is 1.21 bits per heavy atom. The summed E-state index contributed by atoms with van der Waals surface area (Å²) in [6.45, 7) is 1.59. The van der Waals surface area contributed by atoms with E-state index in [4.69, 9.17) is 28.3 Å². The lowest BCUT2D eigenvalue weighted by Crippen LogP contribution is -2.27. The highest BCUT2D eigenvalue weighted by Gasteiger charge is 2.14. The van der Waals surface area contributed by atoms with E-state index >= 15 is 0 Å². The molecule has 1 N–H and O–H groups in total. The Balaban J connectivity index is 2.75. The maximum atomic E-state index is 12.0. The Bertz CT molecular complexity index is 705. The molecule has 0 saturated heterocycles.